The van der Waals surface area contributed by atoms with Crippen molar-refractivity contribution in [1.29, 1.82) is 0 Å². The highest BCUT2D eigenvalue weighted by Crippen LogP contribution is 2.32. The predicted molar refractivity (Wildman–Crippen MR) is 74.4 cm³/mol. The van der Waals surface area contributed by atoms with Crippen LogP contribution in [0.25, 0.3) is 0 Å². The highest BCUT2D eigenvalue weighted by atomic mass is 29.8. The average Bonchev–Trinajstić information content (AvgIpc) is 1.81. The van der Waals surface area contributed by atoms with Gasteiger partial charge in [-0.25, -0.2) is 0 Å². The van der Waals surface area contributed by atoms with Gasteiger partial charge < -0.3 is 9.59 Å². The normalized spacial score (nSPS) is 15.9. The van der Waals surface area contributed by atoms with E-state index in [0.717, 1.165) is 0 Å². The molecule has 0 amide bonds. The van der Waals surface area contributed by atoms with Crippen molar-refractivity contribution in [2.24, 2.45) is 0 Å². The highest BCUT2D eigenvalue weighted by Gasteiger charge is 2.59. The first-order valence-electron chi connectivity index (χ1n) is 5.20. The van der Waals surface area contributed by atoms with Gasteiger partial charge in [0, 0.05) is 14.7 Å². The number of hydrogen-bond donors (Lipinski definition) is 2. The number of hydrogen-bond acceptors (Lipinski definition) is 2. The summed E-state index contributed by atoms with van der Waals surface area (Å²) in [7, 11) is -7.36. The number of rotatable bonds is 3. The van der Waals surface area contributed by atoms with Crippen molar-refractivity contribution >= 4 is 29.9 Å². The zero-order valence-corrected chi connectivity index (χ0v) is 14.9. The summed E-state index contributed by atoms with van der Waals surface area (Å²) in [6.07, 6.45) is 0. The van der Waals surface area contributed by atoms with Gasteiger partial charge in [-0.05, 0) is 6.55 Å². The van der Waals surface area contributed by atoms with Gasteiger partial charge >= 0.3 is 8.08 Å². The van der Waals surface area contributed by atoms with Crippen LogP contribution < -0.4 is 0 Å². The maximum absolute atomic E-state index is 10.1. The molecule has 0 aromatic heterocycles. The lowest BCUT2D eigenvalue weighted by Crippen LogP contribution is -2.79. The van der Waals surface area contributed by atoms with Gasteiger partial charge in [0.1, 0.15) is 0 Å². The van der Waals surface area contributed by atoms with Crippen LogP contribution >= 0.6 is 0 Å². The van der Waals surface area contributed by atoms with Gasteiger partial charge in [0.25, 0.3) is 0 Å². The fraction of sp³-hybridized carbons (Fsp3) is 1.00. The quantitative estimate of drug-likeness (QED) is 0.768. The Hall–Kier alpha value is 0.788. The molecule has 86 valence electrons. The molecule has 2 nitrogen and oxygen atoms in total. The second kappa shape index (κ2) is 3.67. The monoisotopic (exact) mass is 266 g/mol. The van der Waals surface area contributed by atoms with Crippen molar-refractivity contribution in [3.05, 3.63) is 0 Å². The largest absolute Gasteiger partial charge is 0.413 e. The third-order valence-corrected chi connectivity index (χ3v) is 66.1. The predicted octanol–water partition coefficient (Wildman–Crippen LogP) is 2.03. The fourth-order valence-corrected chi connectivity index (χ4v) is 57.8. The molecule has 0 rings (SSSR count). The Kier molecular flexibility index (Phi) is 3.88. The molecule has 0 saturated carbocycles. The van der Waals surface area contributed by atoms with E-state index >= 15 is 0 Å². The lowest BCUT2D eigenvalue weighted by atomic mass is 11.8. The van der Waals surface area contributed by atoms with Crippen molar-refractivity contribution in [3.63, 3.8) is 0 Å². The maximum Gasteiger partial charge on any atom is 0.304 e. The van der Waals surface area contributed by atoms with E-state index < -0.39 is 29.9 Å². The first-order chi connectivity index (χ1) is 5.75. The lowest BCUT2D eigenvalue weighted by molar-refractivity contribution is 0.398. The van der Waals surface area contributed by atoms with Crippen molar-refractivity contribution in [2.45, 2.75) is 52.4 Å². The molecule has 0 saturated heterocycles. The van der Waals surface area contributed by atoms with E-state index in [4.69, 9.17) is 0 Å². The Bertz CT molecular complexity index is 188. The summed E-state index contributed by atoms with van der Waals surface area (Å²) < 4.78 is 0. The molecule has 0 spiro atoms. The van der Waals surface area contributed by atoms with Crippen LogP contribution in [0.3, 0.4) is 0 Å². The summed E-state index contributed by atoms with van der Waals surface area (Å²) in [6.45, 7) is 18.0. The summed E-state index contributed by atoms with van der Waals surface area (Å²) in [5.41, 5.74) is 0. The van der Waals surface area contributed by atoms with Crippen LogP contribution in [0, 0.1) is 0 Å². The molecule has 0 aliphatic carbocycles. The second-order valence-electron chi connectivity index (χ2n) is 6.52. The van der Waals surface area contributed by atoms with Crippen LogP contribution in [-0.4, -0.2) is 39.5 Å². The van der Waals surface area contributed by atoms with E-state index in [2.05, 4.69) is 45.8 Å². The smallest absolute Gasteiger partial charge is 0.304 e. The Morgan fingerprint density at radius 1 is 0.571 bits per heavy atom. The van der Waals surface area contributed by atoms with E-state index in [1.165, 1.54) is 0 Å². The molecular weight excluding hydrogens is 240 g/mol. The molecule has 6 heteroatoms. The van der Waals surface area contributed by atoms with E-state index in [1.807, 2.05) is 0 Å². The minimum Gasteiger partial charge on any atom is -0.413 e. The van der Waals surface area contributed by atoms with E-state index in [1.54, 1.807) is 6.55 Å². The molecule has 0 aromatic rings. The van der Waals surface area contributed by atoms with Gasteiger partial charge in [-0.15, -0.1) is 0 Å². The molecule has 0 heterocycles. The first kappa shape index (κ1) is 14.8. The van der Waals surface area contributed by atoms with Crippen molar-refractivity contribution in [3.8, 4) is 0 Å². The molecule has 0 aliphatic heterocycles. The van der Waals surface area contributed by atoms with Gasteiger partial charge in [-0.2, -0.15) is 0 Å². The zero-order chi connectivity index (χ0) is 12.0. The molecule has 2 N–H and O–H groups in total. The third kappa shape index (κ3) is 2.30. The van der Waals surface area contributed by atoms with Gasteiger partial charge in [0.05, 0.1) is 7.11 Å². The van der Waals surface area contributed by atoms with Crippen LogP contribution in [0.15, 0.2) is 0 Å². The van der Waals surface area contributed by atoms with Crippen molar-refractivity contribution < 1.29 is 9.59 Å². The molecule has 0 atom stereocenters. The van der Waals surface area contributed by atoms with Gasteiger partial charge in [-0.1, -0.05) is 45.8 Å². The maximum atomic E-state index is 10.1. The van der Waals surface area contributed by atoms with Crippen LogP contribution in [0.5, 0.6) is 0 Å². The molecule has 0 radical (unpaired) electrons. The third-order valence-electron chi connectivity index (χ3n) is 4.62. The minimum atomic E-state index is -2.89. The van der Waals surface area contributed by atoms with Crippen molar-refractivity contribution in [1.82, 2.24) is 0 Å². The standard InChI is InChI=1S/C8H26O2Si4/c1-11(2,3)12(4,5)13(6,7)14(8,9)10/h9-10H,1-8H3. The summed E-state index contributed by atoms with van der Waals surface area (Å²) in [4.78, 5) is 20.1. The van der Waals surface area contributed by atoms with E-state index in [9.17, 15) is 9.59 Å². The molecule has 14 heavy (non-hydrogen) atoms. The lowest BCUT2D eigenvalue weighted by Gasteiger charge is -2.49. The topological polar surface area (TPSA) is 40.5 Å². The molecule has 0 bridgehead atoms. The molecule has 0 unspecified atom stereocenters. The Morgan fingerprint density at radius 2 is 0.857 bits per heavy atom. The van der Waals surface area contributed by atoms with Crippen LogP contribution in [-0.2, 0) is 0 Å². The molecular formula is C8H26O2Si4. The van der Waals surface area contributed by atoms with Crippen molar-refractivity contribution in [2.75, 3.05) is 0 Å². The molecule has 0 aliphatic rings. The first-order valence-corrected chi connectivity index (χ1v) is 20.1. The Labute approximate surface area is 92.0 Å². The summed E-state index contributed by atoms with van der Waals surface area (Å²) in [5.74, 6) is 0. The molecule has 0 aromatic carbocycles. The SMILES string of the molecule is C[Si](C)(C)[Si](C)(C)[Si](C)(C)[Si](C)(O)O. The van der Waals surface area contributed by atoms with Crippen LogP contribution in [0.4, 0.5) is 0 Å². The molecule has 0 fully saturated rings. The van der Waals surface area contributed by atoms with Crippen LogP contribution in [0.1, 0.15) is 0 Å². The summed E-state index contributed by atoms with van der Waals surface area (Å²) in [5, 5.41) is 0. The second-order valence-corrected chi connectivity index (χ2v) is 44.9. The average molecular weight is 267 g/mol. The summed E-state index contributed by atoms with van der Waals surface area (Å²) in [6, 6.07) is 0. The van der Waals surface area contributed by atoms with E-state index in [-0.39, 0.29) is 0 Å². The van der Waals surface area contributed by atoms with Gasteiger partial charge in [-0.3, -0.25) is 0 Å². The minimum absolute atomic E-state index is 1.21. The zero-order valence-electron chi connectivity index (χ0n) is 10.9. The Balaban J connectivity index is 5.30. The Morgan fingerprint density at radius 3 is 0.929 bits per heavy atom. The van der Waals surface area contributed by atoms with Gasteiger partial charge in [0.2, 0.25) is 0 Å². The highest BCUT2D eigenvalue weighted by molar-refractivity contribution is 7.81. The summed E-state index contributed by atoms with van der Waals surface area (Å²) >= 11 is 0. The van der Waals surface area contributed by atoms with E-state index in [0.29, 0.717) is 0 Å². The van der Waals surface area contributed by atoms with Gasteiger partial charge in [0.15, 0.2) is 0 Å². The van der Waals surface area contributed by atoms with Crippen LogP contribution in [0.2, 0.25) is 52.4 Å². The fourth-order valence-electron chi connectivity index (χ4n) is 1.53.